The molecule has 0 aliphatic heterocycles. The number of halogens is 3. The summed E-state index contributed by atoms with van der Waals surface area (Å²) in [6.07, 6.45) is 9.17. The minimum Gasteiger partial charge on any atom is -0.300 e. The van der Waals surface area contributed by atoms with Crippen molar-refractivity contribution < 1.29 is 40.1 Å². The van der Waals surface area contributed by atoms with Gasteiger partial charge in [0.1, 0.15) is 11.6 Å². The minimum absolute atomic E-state index is 0. The fourth-order valence-electron chi connectivity index (χ4n) is 5.67. The summed E-state index contributed by atoms with van der Waals surface area (Å²) in [4.78, 5) is 24.9. The van der Waals surface area contributed by atoms with E-state index in [-0.39, 0.29) is 29.1 Å². The molecule has 0 amide bonds. The average Bonchev–Trinajstić information content (AvgIpc) is 3.65. The van der Waals surface area contributed by atoms with E-state index in [4.69, 9.17) is 0 Å². The number of aliphatic imine (C=N–C) groups is 1. The van der Waals surface area contributed by atoms with Gasteiger partial charge in [-0.15, -0.1) is 0 Å². The van der Waals surface area contributed by atoms with Crippen LogP contribution in [0, 0.1) is 43.1 Å². The average molecular weight is 701 g/mol. The first kappa shape index (κ1) is 47.4. The Labute approximate surface area is 297 Å². The molecule has 0 spiro atoms. The molecule has 2 fully saturated rings. The third kappa shape index (κ3) is 23.3. The topological polar surface area (TPSA) is 46.5 Å². The first-order valence-electron chi connectivity index (χ1n) is 17.4. The van der Waals surface area contributed by atoms with Crippen molar-refractivity contribution in [1.82, 2.24) is 0 Å². The van der Waals surface area contributed by atoms with Crippen LogP contribution in [0.3, 0.4) is 0 Å². The van der Waals surface area contributed by atoms with Crippen molar-refractivity contribution in [3.63, 3.8) is 0 Å². The molecular weight excluding hydrogens is 635 g/mol. The van der Waals surface area contributed by atoms with Crippen LogP contribution >= 0.6 is 0 Å². The zero-order valence-corrected chi connectivity index (χ0v) is 32.9. The zero-order chi connectivity index (χ0) is 35.7. The van der Waals surface area contributed by atoms with Crippen molar-refractivity contribution in [1.29, 1.82) is 0 Å². The van der Waals surface area contributed by atoms with Gasteiger partial charge in [-0.1, -0.05) is 74.7 Å². The van der Waals surface area contributed by atoms with Gasteiger partial charge in [-0.3, -0.25) is 4.99 Å². The van der Waals surface area contributed by atoms with Crippen molar-refractivity contribution in [2.45, 2.75) is 159 Å². The quantitative estimate of drug-likeness (QED) is 0.170. The Morgan fingerprint density at radius 2 is 1.51 bits per heavy atom. The van der Waals surface area contributed by atoms with Crippen molar-refractivity contribution >= 4 is 17.3 Å². The van der Waals surface area contributed by atoms with Crippen LogP contribution in [0.15, 0.2) is 28.8 Å². The van der Waals surface area contributed by atoms with Crippen LogP contribution in [0.5, 0.6) is 0 Å². The molecular formula is C40H65CrF3NO2-. The van der Waals surface area contributed by atoms with Crippen molar-refractivity contribution in [2.24, 2.45) is 28.2 Å². The van der Waals surface area contributed by atoms with E-state index < -0.39 is 11.7 Å². The van der Waals surface area contributed by atoms with E-state index in [1.54, 1.807) is 13.8 Å². The van der Waals surface area contributed by atoms with E-state index in [9.17, 15) is 22.8 Å². The number of carbonyl (C=O) groups is 2. The molecule has 7 heteroatoms. The monoisotopic (exact) mass is 700 g/mol. The van der Waals surface area contributed by atoms with E-state index in [0.717, 1.165) is 50.5 Å². The Hall–Kier alpha value is -1.71. The fraction of sp³-hybridized carbons (Fsp3) is 0.725. The molecule has 2 aliphatic rings. The van der Waals surface area contributed by atoms with Crippen LogP contribution in [0.1, 0.15) is 156 Å². The SMILES string of the molecule is CC(C)(C)C.CCC(C)=O.CCCC(CCCC(C)=O)[C@H]1CCC[C@H]1c1[c-]c(C)cc(C)c1.CN=C(/C=C(\C)C(F)(F)F)C1CC1.[Cr]. The van der Waals surface area contributed by atoms with Gasteiger partial charge >= 0.3 is 6.18 Å². The summed E-state index contributed by atoms with van der Waals surface area (Å²) in [5.41, 5.74) is 4.59. The second-order valence-corrected chi connectivity index (χ2v) is 14.9. The predicted octanol–water partition coefficient (Wildman–Crippen LogP) is 12.2. The number of ketones is 2. The van der Waals surface area contributed by atoms with Gasteiger partial charge in [0.05, 0.1) is 0 Å². The second kappa shape index (κ2) is 23.6. The number of hydrogen-bond donors (Lipinski definition) is 0. The van der Waals surface area contributed by atoms with Crippen LogP contribution < -0.4 is 0 Å². The van der Waals surface area contributed by atoms with Crippen LogP contribution in [0.2, 0.25) is 0 Å². The summed E-state index contributed by atoms with van der Waals surface area (Å²) < 4.78 is 36.3. The van der Waals surface area contributed by atoms with Crippen LogP contribution in [0.4, 0.5) is 13.2 Å². The van der Waals surface area contributed by atoms with E-state index in [1.807, 2.05) is 6.92 Å². The molecule has 2 saturated carbocycles. The van der Waals surface area contributed by atoms with Gasteiger partial charge in [0.15, 0.2) is 0 Å². The maximum Gasteiger partial charge on any atom is 0.412 e. The van der Waals surface area contributed by atoms with Crippen molar-refractivity contribution in [3.05, 3.63) is 46.5 Å². The van der Waals surface area contributed by atoms with Crippen LogP contribution in [0.25, 0.3) is 0 Å². The summed E-state index contributed by atoms with van der Waals surface area (Å²) in [5, 5.41) is 0. The number of nitrogens with zero attached hydrogens (tertiary/aromatic N) is 1. The summed E-state index contributed by atoms with van der Waals surface area (Å²) in [5.74, 6) is 3.11. The molecule has 3 atom stereocenters. The number of benzene rings is 1. The third-order valence-corrected chi connectivity index (χ3v) is 8.07. The van der Waals surface area contributed by atoms with Crippen molar-refractivity contribution in [2.75, 3.05) is 7.05 Å². The Morgan fingerprint density at radius 1 is 0.957 bits per heavy atom. The van der Waals surface area contributed by atoms with Gasteiger partial charge in [0.25, 0.3) is 0 Å². The number of hydrogen-bond acceptors (Lipinski definition) is 3. The second-order valence-electron chi connectivity index (χ2n) is 14.9. The number of rotatable bonds is 11. The normalized spacial score (nSPS) is 18.7. The smallest absolute Gasteiger partial charge is 0.300 e. The Morgan fingerprint density at radius 3 is 1.91 bits per heavy atom. The molecule has 0 saturated heterocycles. The summed E-state index contributed by atoms with van der Waals surface area (Å²) in [7, 11) is 1.54. The molecule has 270 valence electrons. The maximum absolute atomic E-state index is 12.1. The van der Waals surface area contributed by atoms with E-state index in [2.05, 4.69) is 71.7 Å². The molecule has 3 nitrogen and oxygen atoms in total. The molecule has 0 aromatic heterocycles. The van der Waals surface area contributed by atoms with Gasteiger partial charge < -0.3 is 9.59 Å². The minimum atomic E-state index is -4.22. The van der Waals surface area contributed by atoms with Crippen molar-refractivity contribution in [3.8, 4) is 0 Å². The summed E-state index contributed by atoms with van der Waals surface area (Å²) in [6, 6.07) is 8.22. The van der Waals surface area contributed by atoms with Gasteiger partial charge in [-0.05, 0) is 88.5 Å². The van der Waals surface area contributed by atoms with Gasteiger partial charge in [-0.2, -0.15) is 48.1 Å². The van der Waals surface area contributed by atoms with E-state index in [1.165, 1.54) is 62.3 Å². The number of aryl methyl sites for hydroxylation is 2. The molecule has 0 heterocycles. The Kier molecular flexibility index (Phi) is 23.8. The molecule has 47 heavy (non-hydrogen) atoms. The zero-order valence-electron chi connectivity index (χ0n) is 31.6. The molecule has 0 bridgehead atoms. The molecule has 1 aromatic rings. The number of carbonyl (C=O) groups excluding carboxylic acids is 2. The standard InChI is InChI=1S/C22H33O.C9H12F3N.C5H12.C4H8O.Cr/c1-5-8-19(10-6-9-18(4)23)21-11-7-12-22(21)20-14-16(2)13-17(3)15-20;1-6(9(10,11)12)5-8(13-2)7-3-4-7;1-5(2,3)4;1-3-4(2)5;/h13-14,19,21-22H,5-12H2,1-4H3;5,7H,3-4H2,1-2H3;1-4H3;3H2,1-2H3;/q-1;;;;/b;6-5+,13-8?;;;/t19?,21-,22+;;;;/m1..../s1. The molecule has 0 N–H and O–H groups in total. The molecule has 3 rings (SSSR count). The van der Waals surface area contributed by atoms with E-state index >= 15 is 0 Å². The Balaban J connectivity index is 0. The number of alkyl halides is 3. The Bertz CT molecular complexity index is 1090. The predicted molar refractivity (Wildman–Crippen MR) is 190 cm³/mol. The van der Waals surface area contributed by atoms with Gasteiger partial charge in [0.2, 0.25) is 0 Å². The van der Waals surface area contributed by atoms with Crippen LogP contribution in [-0.2, 0) is 27.0 Å². The number of Topliss-reactive ketones (excluding diaryl/α,β-unsaturated/α-hetero) is 2. The van der Waals surface area contributed by atoms with Gasteiger partial charge in [0, 0.05) is 54.5 Å². The van der Waals surface area contributed by atoms with Gasteiger partial charge in [-0.25, -0.2) is 0 Å². The summed E-state index contributed by atoms with van der Waals surface area (Å²) in [6.45, 7) is 21.6. The third-order valence-electron chi connectivity index (χ3n) is 8.07. The molecule has 2 aliphatic carbocycles. The van der Waals surface area contributed by atoms with Crippen LogP contribution in [-0.4, -0.2) is 30.5 Å². The molecule has 1 aromatic carbocycles. The fourth-order valence-corrected chi connectivity index (χ4v) is 5.67. The molecule has 1 unspecified atom stereocenters. The largest absolute Gasteiger partial charge is 0.412 e. The summed E-state index contributed by atoms with van der Waals surface area (Å²) >= 11 is 0. The molecule has 0 radical (unpaired) electrons. The first-order valence-corrected chi connectivity index (χ1v) is 17.4. The van der Waals surface area contributed by atoms with E-state index in [0.29, 0.717) is 29.2 Å². The number of allylic oxidation sites excluding steroid dienone is 2. The first-order chi connectivity index (χ1) is 21.2. The maximum atomic E-state index is 12.1.